The van der Waals surface area contributed by atoms with Gasteiger partial charge in [0.05, 0.1) is 0 Å². The third-order valence-corrected chi connectivity index (χ3v) is 17.6. The molecule has 0 radical (unpaired) electrons. The van der Waals surface area contributed by atoms with Crippen molar-refractivity contribution in [1.29, 1.82) is 0 Å². The monoisotopic (exact) mass is 352 g/mol. The summed E-state index contributed by atoms with van der Waals surface area (Å²) < 4.78 is 0. The molecule has 0 atom stereocenters. The summed E-state index contributed by atoms with van der Waals surface area (Å²) in [4.78, 5) is 0. The molecule has 14 heavy (non-hydrogen) atoms. The summed E-state index contributed by atoms with van der Waals surface area (Å²) in [5.41, 5.74) is 5.85. The predicted octanol–water partition coefficient (Wildman–Crippen LogP) is 4.01. The van der Waals surface area contributed by atoms with E-state index in [0.29, 0.717) is 0 Å². The van der Waals surface area contributed by atoms with Crippen molar-refractivity contribution in [2.45, 2.75) is 25.4 Å². The Morgan fingerprint density at radius 2 is 1.50 bits per heavy atom. The zero-order valence-electron chi connectivity index (χ0n) is 8.21. The van der Waals surface area contributed by atoms with Crippen LogP contribution in [0.1, 0.15) is 22.3 Å². The number of aryl methyl sites for hydroxylation is 2. The van der Waals surface area contributed by atoms with E-state index in [0.717, 1.165) is 11.5 Å². The van der Waals surface area contributed by atoms with Gasteiger partial charge in [-0.25, -0.2) is 0 Å². The van der Waals surface area contributed by atoms with E-state index in [4.69, 9.17) is 8.83 Å². The summed E-state index contributed by atoms with van der Waals surface area (Å²) in [7, 11) is 10.3. The minimum absolute atomic E-state index is 1.13. The first-order valence-corrected chi connectivity index (χ1v) is 15.8. The number of fused-ring (bicyclic) bond motifs is 1. The van der Waals surface area contributed by atoms with E-state index in [1.165, 1.54) is 22.3 Å². The SMILES string of the molecule is Cc1cc2c(cc1C)C[S][Sb]([Cl])[S]C2. The molecule has 76 valence electrons. The van der Waals surface area contributed by atoms with Crippen LogP contribution in [-0.4, -0.2) is 16.3 Å². The summed E-state index contributed by atoms with van der Waals surface area (Å²) in [6.07, 6.45) is 0. The average molecular weight is 354 g/mol. The molecule has 0 unspecified atom stereocenters. The Morgan fingerprint density at radius 3 is 1.93 bits per heavy atom. The molecular formula is C10H12ClS2Sb. The van der Waals surface area contributed by atoms with E-state index in [-0.39, 0.29) is 0 Å². The standard InChI is InChI=1S/C10H14S2.ClH.Sb/c1-7-3-9(5-11)10(6-12)4-8(7)2;;/h3-4,11-12H,5-6H2,1-2H3;1H;/q;;+3/p-3. The van der Waals surface area contributed by atoms with Crippen LogP contribution in [0.15, 0.2) is 12.1 Å². The second-order valence-electron chi connectivity index (χ2n) is 3.46. The number of hydrogen-bond donors (Lipinski definition) is 0. The molecule has 1 aromatic carbocycles. The van der Waals surface area contributed by atoms with E-state index >= 15 is 0 Å². The molecule has 1 heterocycles. The Morgan fingerprint density at radius 1 is 1.07 bits per heavy atom. The van der Waals surface area contributed by atoms with Gasteiger partial charge in [0.2, 0.25) is 0 Å². The van der Waals surface area contributed by atoms with Crippen LogP contribution in [0.25, 0.3) is 0 Å². The summed E-state index contributed by atoms with van der Waals surface area (Å²) >= 11 is -1.46. The van der Waals surface area contributed by atoms with Gasteiger partial charge in [-0.1, -0.05) is 0 Å². The molecule has 0 saturated carbocycles. The summed E-state index contributed by atoms with van der Waals surface area (Å²) in [6, 6.07) is 4.68. The maximum atomic E-state index is 6.30. The van der Waals surface area contributed by atoms with Crippen LogP contribution in [0.3, 0.4) is 0 Å². The number of benzene rings is 1. The second-order valence-corrected chi connectivity index (χ2v) is 21.6. The van der Waals surface area contributed by atoms with Gasteiger partial charge in [0.25, 0.3) is 0 Å². The van der Waals surface area contributed by atoms with Gasteiger partial charge >= 0.3 is 103 Å². The van der Waals surface area contributed by atoms with Gasteiger partial charge in [0, 0.05) is 0 Å². The fourth-order valence-electron chi connectivity index (χ4n) is 1.48. The normalized spacial score (nSPS) is 17.6. The van der Waals surface area contributed by atoms with Crippen molar-refractivity contribution < 1.29 is 0 Å². The van der Waals surface area contributed by atoms with Crippen LogP contribution in [0.5, 0.6) is 0 Å². The van der Waals surface area contributed by atoms with Crippen LogP contribution >= 0.6 is 26.5 Å². The third-order valence-electron chi connectivity index (χ3n) is 2.46. The quantitative estimate of drug-likeness (QED) is 0.647. The van der Waals surface area contributed by atoms with Gasteiger partial charge in [-0.3, -0.25) is 0 Å². The van der Waals surface area contributed by atoms with Crippen molar-refractivity contribution in [3.8, 4) is 0 Å². The summed E-state index contributed by atoms with van der Waals surface area (Å²) in [6.45, 7) is 4.38. The predicted molar refractivity (Wildman–Crippen MR) is 70.1 cm³/mol. The summed E-state index contributed by atoms with van der Waals surface area (Å²) in [5, 5.41) is 0. The molecule has 0 aliphatic carbocycles. The topological polar surface area (TPSA) is 0 Å². The first-order valence-electron chi connectivity index (χ1n) is 4.47. The van der Waals surface area contributed by atoms with Crippen LogP contribution in [0, 0.1) is 13.8 Å². The Labute approximate surface area is 102 Å². The molecule has 1 aromatic rings. The van der Waals surface area contributed by atoms with Crippen molar-refractivity contribution in [3.63, 3.8) is 0 Å². The van der Waals surface area contributed by atoms with Crippen LogP contribution in [-0.2, 0) is 11.5 Å². The summed E-state index contributed by atoms with van der Waals surface area (Å²) in [5.74, 6) is 2.27. The molecule has 0 saturated heterocycles. The van der Waals surface area contributed by atoms with Gasteiger partial charge in [0.1, 0.15) is 0 Å². The molecule has 1 aliphatic heterocycles. The fourth-order valence-corrected chi connectivity index (χ4v) is 12.9. The first kappa shape index (κ1) is 11.5. The molecule has 0 spiro atoms. The van der Waals surface area contributed by atoms with Crippen molar-refractivity contribution in [1.82, 2.24) is 0 Å². The zero-order valence-corrected chi connectivity index (χ0v) is 13.2. The van der Waals surface area contributed by atoms with Gasteiger partial charge in [-0.05, 0) is 0 Å². The Balaban J connectivity index is 2.36. The van der Waals surface area contributed by atoms with E-state index in [2.05, 4.69) is 26.0 Å². The van der Waals surface area contributed by atoms with Crippen molar-refractivity contribution in [2.75, 3.05) is 0 Å². The van der Waals surface area contributed by atoms with E-state index < -0.39 is 16.3 Å². The van der Waals surface area contributed by atoms with E-state index in [1.54, 1.807) is 0 Å². The third kappa shape index (κ3) is 2.58. The van der Waals surface area contributed by atoms with E-state index in [1.807, 2.05) is 17.7 Å². The molecular weight excluding hydrogens is 341 g/mol. The molecule has 1 aliphatic rings. The van der Waals surface area contributed by atoms with Gasteiger partial charge in [0.15, 0.2) is 0 Å². The molecule has 4 heteroatoms. The number of rotatable bonds is 0. The van der Waals surface area contributed by atoms with E-state index in [9.17, 15) is 0 Å². The molecule has 0 aromatic heterocycles. The molecule has 0 N–H and O–H groups in total. The Kier molecular flexibility index (Phi) is 4.03. The average Bonchev–Trinajstić information content (AvgIpc) is 2.31. The fraction of sp³-hybridized carbons (Fsp3) is 0.400. The van der Waals surface area contributed by atoms with Gasteiger partial charge in [-0.2, -0.15) is 0 Å². The van der Waals surface area contributed by atoms with Crippen molar-refractivity contribution >= 4 is 42.8 Å². The van der Waals surface area contributed by atoms with Crippen LogP contribution in [0.4, 0.5) is 0 Å². The molecule has 2 rings (SSSR count). The molecule has 0 nitrogen and oxygen atoms in total. The van der Waals surface area contributed by atoms with Crippen molar-refractivity contribution in [2.24, 2.45) is 0 Å². The van der Waals surface area contributed by atoms with Gasteiger partial charge < -0.3 is 0 Å². The van der Waals surface area contributed by atoms with Crippen LogP contribution < -0.4 is 0 Å². The second kappa shape index (κ2) is 4.91. The molecule has 0 bridgehead atoms. The zero-order chi connectivity index (χ0) is 10.1. The molecule has 0 amide bonds. The van der Waals surface area contributed by atoms with Crippen LogP contribution in [0.2, 0.25) is 0 Å². The maximum absolute atomic E-state index is 6.30. The minimum atomic E-state index is -1.46. The Hall–Kier alpha value is 1.03. The van der Waals surface area contributed by atoms with Crippen molar-refractivity contribution in [3.05, 3.63) is 34.4 Å². The Bertz CT molecular complexity index is 321. The number of hydrogen-bond acceptors (Lipinski definition) is 2. The van der Waals surface area contributed by atoms with Gasteiger partial charge in [-0.15, -0.1) is 0 Å². The molecule has 0 fully saturated rings. The first-order chi connectivity index (χ1) is 6.66. The number of halogens is 1.